The van der Waals surface area contributed by atoms with E-state index in [1.807, 2.05) is 0 Å². The maximum absolute atomic E-state index is 12.7. The van der Waals surface area contributed by atoms with E-state index in [0.29, 0.717) is 32.2 Å². The lowest BCUT2D eigenvalue weighted by Crippen LogP contribution is -2.40. The van der Waals surface area contributed by atoms with Crippen molar-refractivity contribution in [1.29, 1.82) is 0 Å². The summed E-state index contributed by atoms with van der Waals surface area (Å²) in [6.45, 7) is 4.91. The highest BCUT2D eigenvalue weighted by Gasteiger charge is 2.19. The van der Waals surface area contributed by atoms with Gasteiger partial charge in [-0.15, -0.1) is 0 Å². The van der Waals surface area contributed by atoms with E-state index >= 15 is 0 Å². The maximum atomic E-state index is 12.7. The lowest BCUT2D eigenvalue weighted by Gasteiger charge is -2.18. The van der Waals surface area contributed by atoms with Crippen LogP contribution < -0.4 is 11.1 Å². The van der Waals surface area contributed by atoms with Gasteiger partial charge in [-0.05, 0) is 77.2 Å². The van der Waals surface area contributed by atoms with Gasteiger partial charge in [0.25, 0.3) is 0 Å². The maximum Gasteiger partial charge on any atom is 0.326 e. The number of nitrogens with one attached hydrogen (secondary N) is 1. The molecular weight excluding hydrogens is 588 g/mol. The van der Waals surface area contributed by atoms with Crippen molar-refractivity contribution in [2.45, 2.75) is 219 Å². The first-order chi connectivity index (χ1) is 22.9. The SMILES string of the molecule is CCCC/C=C\CCCCCCCC(=O)OC(CCCCCCCCCCCC)CCCCCCCC(=O)NC(CCCN)C(=O)O. The second kappa shape index (κ2) is 35.4. The highest BCUT2D eigenvalue weighted by molar-refractivity contribution is 5.83. The zero-order chi connectivity index (χ0) is 34.6. The molecule has 7 nitrogen and oxygen atoms in total. The first kappa shape index (κ1) is 45.1. The summed E-state index contributed by atoms with van der Waals surface area (Å²) in [6, 6.07) is -0.853. The zero-order valence-electron chi connectivity index (χ0n) is 30.9. The summed E-state index contributed by atoms with van der Waals surface area (Å²) in [6.07, 6.45) is 36.8. The number of esters is 1. The van der Waals surface area contributed by atoms with Crippen LogP contribution in [0.4, 0.5) is 0 Å². The molecule has 0 aliphatic heterocycles. The predicted molar refractivity (Wildman–Crippen MR) is 197 cm³/mol. The largest absolute Gasteiger partial charge is 0.480 e. The average molecular weight is 665 g/mol. The lowest BCUT2D eigenvalue weighted by molar-refractivity contribution is -0.150. The van der Waals surface area contributed by atoms with Gasteiger partial charge in [-0.25, -0.2) is 4.79 Å². The molecule has 0 heterocycles. The monoisotopic (exact) mass is 665 g/mol. The molecule has 276 valence electrons. The Bertz CT molecular complexity index is 757. The number of amides is 1. The minimum Gasteiger partial charge on any atom is -0.480 e. The number of carboxylic acids is 1. The number of unbranched alkanes of at least 4 members (excludes halogenated alkanes) is 20. The molecule has 0 fully saturated rings. The molecule has 7 heteroatoms. The zero-order valence-corrected chi connectivity index (χ0v) is 30.9. The van der Waals surface area contributed by atoms with Gasteiger partial charge in [0.2, 0.25) is 5.91 Å². The predicted octanol–water partition coefficient (Wildman–Crippen LogP) is 10.7. The molecule has 47 heavy (non-hydrogen) atoms. The van der Waals surface area contributed by atoms with Gasteiger partial charge in [-0.2, -0.15) is 0 Å². The Kier molecular flexibility index (Phi) is 34.0. The number of carbonyl (C=O) groups excluding carboxylic acids is 2. The van der Waals surface area contributed by atoms with Crippen molar-refractivity contribution in [3.63, 3.8) is 0 Å². The molecular formula is C40H76N2O5. The summed E-state index contributed by atoms with van der Waals surface area (Å²) in [5.74, 6) is -1.23. The molecule has 0 aromatic carbocycles. The average Bonchev–Trinajstić information content (AvgIpc) is 3.05. The standard InChI is InChI=1S/C40H76N2O5/c1-3-5-7-9-11-13-15-17-19-24-28-34-39(44)47-36(30-25-21-18-16-14-12-10-8-6-4-2)31-26-22-20-23-27-33-38(43)42-37(40(45)46)32-29-35-41/h9,11,36-37H,3-8,10,12-35,41H2,1-2H3,(H,42,43)(H,45,46)/b11-9-. The van der Waals surface area contributed by atoms with E-state index in [2.05, 4.69) is 31.3 Å². The Labute approximate surface area is 290 Å². The van der Waals surface area contributed by atoms with Crippen molar-refractivity contribution in [1.82, 2.24) is 5.32 Å². The first-order valence-electron chi connectivity index (χ1n) is 20.0. The molecule has 2 unspecified atom stereocenters. The number of carbonyl (C=O) groups is 3. The van der Waals surface area contributed by atoms with Crippen molar-refractivity contribution in [2.24, 2.45) is 5.73 Å². The fourth-order valence-corrected chi connectivity index (χ4v) is 6.02. The van der Waals surface area contributed by atoms with Crippen LogP contribution in [0.25, 0.3) is 0 Å². The van der Waals surface area contributed by atoms with Crippen LogP contribution in [0.5, 0.6) is 0 Å². The van der Waals surface area contributed by atoms with E-state index in [0.717, 1.165) is 64.2 Å². The molecule has 0 aromatic heterocycles. The van der Waals surface area contributed by atoms with Crippen molar-refractivity contribution in [3.8, 4) is 0 Å². The van der Waals surface area contributed by atoms with Crippen LogP contribution in [0.2, 0.25) is 0 Å². The van der Waals surface area contributed by atoms with Gasteiger partial charge < -0.3 is 20.9 Å². The highest BCUT2D eigenvalue weighted by atomic mass is 16.5. The number of nitrogens with two attached hydrogens (primary N) is 1. The molecule has 0 spiro atoms. The minimum atomic E-state index is -1.00. The lowest BCUT2D eigenvalue weighted by atomic mass is 10.0. The molecule has 0 radical (unpaired) electrons. The van der Waals surface area contributed by atoms with Crippen LogP contribution in [-0.4, -0.2) is 41.6 Å². The summed E-state index contributed by atoms with van der Waals surface area (Å²) in [4.78, 5) is 36.2. The van der Waals surface area contributed by atoms with Crippen LogP contribution in [0.3, 0.4) is 0 Å². The molecule has 0 aliphatic carbocycles. The van der Waals surface area contributed by atoms with Crippen molar-refractivity contribution < 1.29 is 24.2 Å². The third-order valence-electron chi connectivity index (χ3n) is 9.08. The number of carboxylic acid groups (broad SMARTS) is 1. The molecule has 1 amide bonds. The second-order valence-electron chi connectivity index (χ2n) is 13.7. The number of ether oxygens (including phenoxy) is 1. The van der Waals surface area contributed by atoms with E-state index in [-0.39, 0.29) is 18.0 Å². The van der Waals surface area contributed by atoms with Gasteiger partial charge in [0.15, 0.2) is 0 Å². The topological polar surface area (TPSA) is 119 Å². The minimum absolute atomic E-state index is 0.0169. The van der Waals surface area contributed by atoms with E-state index < -0.39 is 12.0 Å². The van der Waals surface area contributed by atoms with Gasteiger partial charge in [-0.3, -0.25) is 9.59 Å². The highest BCUT2D eigenvalue weighted by Crippen LogP contribution is 2.19. The van der Waals surface area contributed by atoms with E-state index in [1.54, 1.807) is 0 Å². The van der Waals surface area contributed by atoms with Crippen LogP contribution in [0.15, 0.2) is 12.2 Å². The van der Waals surface area contributed by atoms with Crippen LogP contribution in [0.1, 0.15) is 206 Å². The summed E-state index contributed by atoms with van der Waals surface area (Å²) < 4.78 is 6.01. The number of aliphatic carboxylic acids is 1. The molecule has 0 saturated carbocycles. The second-order valence-corrected chi connectivity index (χ2v) is 13.7. The Hall–Kier alpha value is -1.89. The Morgan fingerprint density at radius 1 is 0.596 bits per heavy atom. The number of rotatable bonds is 36. The van der Waals surface area contributed by atoms with Crippen LogP contribution in [0, 0.1) is 0 Å². The molecule has 0 bridgehead atoms. The third kappa shape index (κ3) is 32.4. The van der Waals surface area contributed by atoms with Crippen LogP contribution in [-0.2, 0) is 19.1 Å². The third-order valence-corrected chi connectivity index (χ3v) is 9.08. The van der Waals surface area contributed by atoms with Crippen molar-refractivity contribution in [2.75, 3.05) is 6.54 Å². The van der Waals surface area contributed by atoms with Gasteiger partial charge in [0.1, 0.15) is 12.1 Å². The molecule has 0 aromatic rings. The molecule has 0 rings (SSSR count). The smallest absolute Gasteiger partial charge is 0.326 e. The Morgan fingerprint density at radius 3 is 1.60 bits per heavy atom. The Balaban J connectivity index is 4.30. The fraction of sp³-hybridized carbons (Fsp3) is 0.875. The molecule has 0 aliphatic rings. The van der Waals surface area contributed by atoms with E-state index in [4.69, 9.17) is 10.5 Å². The van der Waals surface area contributed by atoms with E-state index in [1.165, 1.54) is 103 Å². The quantitative estimate of drug-likeness (QED) is 0.0348. The summed E-state index contributed by atoms with van der Waals surface area (Å²) in [7, 11) is 0. The van der Waals surface area contributed by atoms with Gasteiger partial charge in [0.05, 0.1) is 0 Å². The van der Waals surface area contributed by atoms with Gasteiger partial charge >= 0.3 is 11.9 Å². The first-order valence-corrected chi connectivity index (χ1v) is 20.0. The summed E-state index contributed by atoms with van der Waals surface area (Å²) in [5, 5.41) is 11.9. The summed E-state index contributed by atoms with van der Waals surface area (Å²) >= 11 is 0. The number of hydrogen-bond acceptors (Lipinski definition) is 5. The van der Waals surface area contributed by atoms with Crippen molar-refractivity contribution in [3.05, 3.63) is 12.2 Å². The van der Waals surface area contributed by atoms with Crippen molar-refractivity contribution >= 4 is 17.8 Å². The molecule has 0 saturated heterocycles. The fourth-order valence-electron chi connectivity index (χ4n) is 6.02. The van der Waals surface area contributed by atoms with E-state index in [9.17, 15) is 19.5 Å². The number of hydrogen-bond donors (Lipinski definition) is 3. The Morgan fingerprint density at radius 2 is 1.06 bits per heavy atom. The van der Waals surface area contributed by atoms with Gasteiger partial charge in [-0.1, -0.05) is 135 Å². The summed E-state index contributed by atoms with van der Waals surface area (Å²) in [5.41, 5.74) is 5.47. The normalized spacial score (nSPS) is 12.7. The number of allylic oxidation sites excluding steroid dienone is 2. The molecule has 2 atom stereocenters. The van der Waals surface area contributed by atoms with Gasteiger partial charge in [0, 0.05) is 12.8 Å². The van der Waals surface area contributed by atoms with Crippen LogP contribution >= 0.6 is 0 Å². The molecule has 4 N–H and O–H groups in total.